The van der Waals surface area contributed by atoms with Gasteiger partial charge in [0.15, 0.2) is 5.56 Å². The van der Waals surface area contributed by atoms with Crippen LogP contribution in [0.5, 0.6) is 0 Å². The molecule has 0 fully saturated rings. The molecule has 0 radical (unpaired) electrons. The van der Waals surface area contributed by atoms with Gasteiger partial charge in [-0.3, -0.25) is 9.89 Å². The summed E-state index contributed by atoms with van der Waals surface area (Å²) in [5.41, 5.74) is 6.03. The quantitative estimate of drug-likeness (QED) is 0.472. The highest BCUT2D eigenvalue weighted by molar-refractivity contribution is 5.97. The molecule has 0 aliphatic rings. The van der Waals surface area contributed by atoms with E-state index in [1.165, 1.54) is 33.9 Å². The maximum Gasteiger partial charge on any atom is 0.361 e. The van der Waals surface area contributed by atoms with Crippen molar-refractivity contribution in [2.24, 2.45) is 5.73 Å². The molecule has 0 unspecified atom stereocenters. The monoisotopic (exact) mass is 359 g/mol. The van der Waals surface area contributed by atoms with Crippen LogP contribution in [0.15, 0.2) is 36.9 Å². The number of rotatable bonds is 4. The predicted octanol–water partition coefficient (Wildman–Crippen LogP) is 1.02. The minimum atomic E-state index is -2.82. The van der Waals surface area contributed by atoms with Gasteiger partial charge in [0.05, 0.1) is 30.2 Å². The van der Waals surface area contributed by atoms with Crippen LogP contribution in [0, 0.1) is 0 Å². The fraction of sp³-hybridized carbons (Fsp3) is 0.125. The van der Waals surface area contributed by atoms with Crippen LogP contribution in [0.2, 0.25) is 0 Å². The van der Waals surface area contributed by atoms with Crippen molar-refractivity contribution in [3.8, 4) is 5.69 Å². The number of fused-ring (bicyclic) bond motifs is 2. The molecule has 0 aliphatic heterocycles. The van der Waals surface area contributed by atoms with E-state index in [1.807, 2.05) is 0 Å². The zero-order chi connectivity index (χ0) is 18.4. The lowest BCUT2D eigenvalue weighted by atomic mass is 10.0. The van der Waals surface area contributed by atoms with Crippen LogP contribution in [-0.4, -0.2) is 30.9 Å². The molecule has 26 heavy (non-hydrogen) atoms. The number of hydrogen-bond donors (Lipinski definition) is 3. The van der Waals surface area contributed by atoms with Gasteiger partial charge >= 0.3 is 5.65 Å². The molecule has 4 N–H and O–H groups in total. The summed E-state index contributed by atoms with van der Waals surface area (Å²) in [6.07, 6.45) is 2.98. The van der Waals surface area contributed by atoms with E-state index in [2.05, 4.69) is 15.2 Å². The Labute approximate surface area is 144 Å². The average molecular weight is 359 g/mol. The molecule has 132 valence electrons. The largest absolute Gasteiger partial charge is 0.392 e. The molecule has 0 spiro atoms. The molecular formula is C16H13F2N6O2+. The molecule has 8 nitrogen and oxygen atoms in total. The van der Waals surface area contributed by atoms with Crippen molar-refractivity contribution in [2.75, 3.05) is 0 Å². The number of amides is 1. The van der Waals surface area contributed by atoms with Crippen LogP contribution in [0.3, 0.4) is 0 Å². The van der Waals surface area contributed by atoms with Gasteiger partial charge in [-0.25, -0.2) is 8.78 Å². The van der Waals surface area contributed by atoms with E-state index in [1.54, 1.807) is 12.3 Å². The first-order valence-corrected chi connectivity index (χ1v) is 7.59. The van der Waals surface area contributed by atoms with Gasteiger partial charge in [0, 0.05) is 22.6 Å². The molecule has 3 heterocycles. The Kier molecular flexibility index (Phi) is 3.62. The number of primary amides is 1. The first kappa shape index (κ1) is 16.1. The number of carbonyl (C=O) groups is 1. The fourth-order valence-corrected chi connectivity index (χ4v) is 3.09. The van der Waals surface area contributed by atoms with Crippen molar-refractivity contribution in [1.29, 1.82) is 0 Å². The van der Waals surface area contributed by atoms with Gasteiger partial charge in [0.2, 0.25) is 0 Å². The van der Waals surface area contributed by atoms with Crippen LogP contribution < -0.4 is 10.2 Å². The second-order valence-electron chi connectivity index (χ2n) is 5.62. The molecular weight excluding hydrogens is 346 g/mol. The minimum Gasteiger partial charge on any atom is -0.392 e. The third-order valence-electron chi connectivity index (χ3n) is 4.19. The van der Waals surface area contributed by atoms with Gasteiger partial charge in [-0.2, -0.15) is 9.78 Å². The van der Waals surface area contributed by atoms with E-state index in [0.717, 1.165) is 0 Å². The Balaban J connectivity index is 2.17. The molecule has 4 aromatic rings. The molecule has 0 aliphatic carbocycles. The summed E-state index contributed by atoms with van der Waals surface area (Å²) < 4.78 is 30.3. The molecule has 0 atom stereocenters. The normalized spacial score (nSPS) is 11.7. The van der Waals surface area contributed by atoms with Crippen molar-refractivity contribution in [3.05, 3.63) is 53.6 Å². The number of aromatic nitrogens is 5. The fourth-order valence-electron chi connectivity index (χ4n) is 3.09. The number of nitrogens with zero attached hydrogens (tertiary/aromatic N) is 4. The van der Waals surface area contributed by atoms with Crippen LogP contribution >= 0.6 is 0 Å². The molecule has 1 aromatic carbocycles. The zero-order valence-corrected chi connectivity index (χ0v) is 13.2. The number of carbonyl (C=O) groups excluding carboxylic acids is 1. The second kappa shape index (κ2) is 5.85. The molecule has 0 saturated heterocycles. The Morgan fingerprint density at radius 2 is 2.27 bits per heavy atom. The summed E-state index contributed by atoms with van der Waals surface area (Å²) in [6, 6.07) is 2.86. The maximum atomic E-state index is 13.8. The zero-order valence-electron chi connectivity index (χ0n) is 13.2. The standard InChI is InChI=1S/C16H12F2N6O2/c17-14(18)8-4-12-9(5-21-22-12)11(7-25)13(8)24-6-10(15(19)26)16-20-2-1-3-23(16)24/h1-6,14,25H,7H2,(H2-,19,21,22,26)/p+1. The first-order chi connectivity index (χ1) is 12.5. The number of nitrogens with one attached hydrogen (secondary N) is 1. The Hall–Kier alpha value is -3.40. The number of aliphatic hydroxyl groups is 1. The lowest BCUT2D eigenvalue weighted by Gasteiger charge is -2.14. The van der Waals surface area contributed by atoms with Crippen LogP contribution in [0.4, 0.5) is 8.78 Å². The highest BCUT2D eigenvalue weighted by atomic mass is 19.3. The number of alkyl halides is 2. The number of aromatic amines is 1. The number of halogens is 2. The summed E-state index contributed by atoms with van der Waals surface area (Å²) in [5, 5.41) is 16.9. The van der Waals surface area contributed by atoms with Gasteiger partial charge in [-0.1, -0.05) is 0 Å². The van der Waals surface area contributed by atoms with Crippen LogP contribution in [0.1, 0.15) is 27.9 Å². The Morgan fingerprint density at radius 3 is 2.96 bits per heavy atom. The van der Waals surface area contributed by atoms with Crippen LogP contribution in [-0.2, 0) is 6.61 Å². The molecule has 10 heteroatoms. The topological polar surface area (TPSA) is 114 Å². The van der Waals surface area contributed by atoms with Crippen molar-refractivity contribution in [1.82, 2.24) is 19.9 Å². The summed E-state index contributed by atoms with van der Waals surface area (Å²) in [7, 11) is 0. The average Bonchev–Trinajstić information content (AvgIpc) is 3.24. The van der Waals surface area contributed by atoms with E-state index in [0.29, 0.717) is 10.9 Å². The third-order valence-corrected chi connectivity index (χ3v) is 4.19. The summed E-state index contributed by atoms with van der Waals surface area (Å²) in [4.78, 5) is 15.9. The van der Waals surface area contributed by atoms with Crippen molar-refractivity contribution in [3.63, 3.8) is 0 Å². The number of nitrogens with two attached hydrogens (primary N) is 1. The third kappa shape index (κ3) is 2.23. The van der Waals surface area contributed by atoms with Crippen LogP contribution in [0.25, 0.3) is 22.2 Å². The highest BCUT2D eigenvalue weighted by Crippen LogP contribution is 2.33. The molecule has 1 amide bonds. The summed E-state index contributed by atoms with van der Waals surface area (Å²) >= 11 is 0. The number of H-pyrrole nitrogens is 1. The van der Waals surface area contributed by atoms with Crippen molar-refractivity contribution >= 4 is 22.5 Å². The number of aliphatic hydroxyl groups excluding tert-OH is 1. The van der Waals surface area contributed by atoms with E-state index in [4.69, 9.17) is 5.73 Å². The number of hydrogen-bond acceptors (Lipinski definition) is 4. The second-order valence-corrected chi connectivity index (χ2v) is 5.62. The van der Waals surface area contributed by atoms with Gasteiger partial charge in [0.1, 0.15) is 12.4 Å². The SMILES string of the molecule is NC(=O)c1cn(-c2c(C(F)F)cc3[nH]ncc3c2CO)[n+]2cccnc12. The Bertz CT molecular complexity index is 1150. The van der Waals surface area contributed by atoms with Gasteiger partial charge in [-0.05, 0) is 11.1 Å². The lowest BCUT2D eigenvalue weighted by Crippen LogP contribution is -2.33. The molecule has 0 saturated carbocycles. The minimum absolute atomic E-state index is 0.0481. The van der Waals surface area contributed by atoms with E-state index in [9.17, 15) is 18.7 Å². The van der Waals surface area contributed by atoms with E-state index in [-0.39, 0.29) is 28.0 Å². The Morgan fingerprint density at radius 1 is 1.46 bits per heavy atom. The van der Waals surface area contributed by atoms with Gasteiger partial charge in [-0.15, -0.1) is 4.52 Å². The summed E-state index contributed by atoms with van der Waals surface area (Å²) in [5.74, 6) is -0.742. The molecule has 0 bridgehead atoms. The van der Waals surface area contributed by atoms with Crippen molar-refractivity contribution < 1.29 is 23.2 Å². The van der Waals surface area contributed by atoms with Crippen molar-refractivity contribution in [2.45, 2.75) is 13.0 Å². The molecule has 3 aromatic heterocycles. The van der Waals surface area contributed by atoms with Gasteiger partial charge < -0.3 is 10.8 Å². The summed E-state index contributed by atoms with van der Waals surface area (Å²) in [6.45, 7) is -0.502. The number of benzene rings is 1. The predicted molar refractivity (Wildman–Crippen MR) is 85.8 cm³/mol. The molecule has 4 rings (SSSR count). The van der Waals surface area contributed by atoms with E-state index >= 15 is 0 Å². The first-order valence-electron chi connectivity index (χ1n) is 7.59. The van der Waals surface area contributed by atoms with Gasteiger partial charge in [0.25, 0.3) is 12.3 Å². The lowest BCUT2D eigenvalue weighted by molar-refractivity contribution is -0.600. The smallest absolute Gasteiger partial charge is 0.361 e. The maximum absolute atomic E-state index is 13.8. The highest BCUT2D eigenvalue weighted by Gasteiger charge is 2.28. The van der Waals surface area contributed by atoms with E-state index < -0.39 is 18.9 Å².